The van der Waals surface area contributed by atoms with E-state index in [0.29, 0.717) is 12.0 Å². The maximum Gasteiger partial charge on any atom is 0.416 e. The van der Waals surface area contributed by atoms with E-state index in [-0.39, 0.29) is 0 Å². The molecule has 2 aromatic rings. The van der Waals surface area contributed by atoms with Crippen LogP contribution in [-0.2, 0) is 22.8 Å². The first-order valence-electron chi connectivity index (χ1n) is 7.20. The first-order chi connectivity index (χ1) is 10.5. The van der Waals surface area contributed by atoms with E-state index >= 15 is 0 Å². The lowest BCUT2D eigenvalue weighted by atomic mass is 9.67. The third-order valence-corrected chi connectivity index (χ3v) is 4.44. The van der Waals surface area contributed by atoms with Crippen LogP contribution in [-0.4, -0.2) is 6.29 Å². The fourth-order valence-corrected chi connectivity index (χ4v) is 3.31. The van der Waals surface area contributed by atoms with E-state index in [2.05, 4.69) is 0 Å². The van der Waals surface area contributed by atoms with E-state index in [1.807, 2.05) is 24.3 Å². The van der Waals surface area contributed by atoms with Gasteiger partial charge in [-0.05, 0) is 48.1 Å². The predicted molar refractivity (Wildman–Crippen MR) is 77.7 cm³/mol. The standard InChI is InChI=1S/C18H15F3O/c19-18(20,21)15-9-7-14(8-10-15)17(12-22)11-3-5-13-4-1-2-6-16(13)17/h1-2,4,6-10,12H,3,5,11H2. The highest BCUT2D eigenvalue weighted by atomic mass is 19.4. The zero-order valence-corrected chi connectivity index (χ0v) is 11.9. The Bertz CT molecular complexity index is 688. The molecular weight excluding hydrogens is 289 g/mol. The number of halogens is 3. The highest BCUT2D eigenvalue weighted by Gasteiger charge is 2.38. The van der Waals surface area contributed by atoms with Crippen LogP contribution in [0.2, 0.25) is 0 Å². The number of hydrogen-bond acceptors (Lipinski definition) is 1. The average molecular weight is 304 g/mol. The normalized spacial score (nSPS) is 21.2. The number of fused-ring (bicyclic) bond motifs is 1. The van der Waals surface area contributed by atoms with Crippen molar-refractivity contribution in [1.82, 2.24) is 0 Å². The second-order valence-electron chi connectivity index (χ2n) is 5.68. The Kier molecular flexibility index (Phi) is 3.55. The van der Waals surface area contributed by atoms with Crippen LogP contribution in [0.15, 0.2) is 48.5 Å². The molecule has 1 unspecified atom stereocenters. The van der Waals surface area contributed by atoms with Crippen molar-refractivity contribution < 1.29 is 18.0 Å². The molecule has 0 aliphatic heterocycles. The van der Waals surface area contributed by atoms with Gasteiger partial charge in [0.2, 0.25) is 0 Å². The Morgan fingerprint density at radius 2 is 1.68 bits per heavy atom. The van der Waals surface area contributed by atoms with Gasteiger partial charge < -0.3 is 4.79 Å². The minimum atomic E-state index is -4.36. The minimum absolute atomic E-state index is 0.624. The summed E-state index contributed by atoms with van der Waals surface area (Å²) >= 11 is 0. The van der Waals surface area contributed by atoms with E-state index in [4.69, 9.17) is 0 Å². The molecule has 3 rings (SSSR count). The van der Waals surface area contributed by atoms with Crippen molar-refractivity contribution in [2.24, 2.45) is 0 Å². The smallest absolute Gasteiger partial charge is 0.302 e. The van der Waals surface area contributed by atoms with Crippen molar-refractivity contribution in [1.29, 1.82) is 0 Å². The van der Waals surface area contributed by atoms with Crippen molar-refractivity contribution in [2.75, 3.05) is 0 Å². The molecule has 0 heterocycles. The number of carbonyl (C=O) groups excluding carboxylic acids is 1. The Balaban J connectivity index is 2.11. The molecule has 1 nitrogen and oxygen atoms in total. The molecule has 0 N–H and O–H groups in total. The summed E-state index contributed by atoms with van der Waals surface area (Å²) in [6, 6.07) is 12.6. The van der Waals surface area contributed by atoms with Crippen LogP contribution in [0.5, 0.6) is 0 Å². The second-order valence-corrected chi connectivity index (χ2v) is 5.68. The molecule has 2 aromatic carbocycles. The van der Waals surface area contributed by atoms with Gasteiger partial charge in [0.1, 0.15) is 6.29 Å². The number of aldehydes is 1. The minimum Gasteiger partial charge on any atom is -0.302 e. The highest BCUT2D eigenvalue weighted by molar-refractivity contribution is 5.76. The van der Waals surface area contributed by atoms with Gasteiger partial charge in [0.25, 0.3) is 0 Å². The summed E-state index contributed by atoms with van der Waals surface area (Å²) < 4.78 is 38.1. The molecule has 1 atom stereocenters. The van der Waals surface area contributed by atoms with Gasteiger partial charge in [-0.2, -0.15) is 13.2 Å². The van der Waals surface area contributed by atoms with Crippen LogP contribution in [0.3, 0.4) is 0 Å². The number of hydrogen-bond donors (Lipinski definition) is 0. The highest BCUT2D eigenvalue weighted by Crippen LogP contribution is 2.42. The summed E-state index contributed by atoms with van der Waals surface area (Å²) in [6.07, 6.45) is -1.12. The van der Waals surface area contributed by atoms with Crippen molar-refractivity contribution in [3.63, 3.8) is 0 Å². The molecule has 0 saturated carbocycles. The zero-order valence-electron chi connectivity index (χ0n) is 11.9. The van der Waals surface area contributed by atoms with Gasteiger partial charge in [0.15, 0.2) is 0 Å². The van der Waals surface area contributed by atoms with Gasteiger partial charge in [-0.1, -0.05) is 36.4 Å². The molecule has 114 valence electrons. The fourth-order valence-electron chi connectivity index (χ4n) is 3.31. The maximum absolute atomic E-state index is 12.7. The van der Waals surface area contributed by atoms with Gasteiger partial charge in [-0.15, -0.1) is 0 Å². The van der Waals surface area contributed by atoms with Gasteiger partial charge >= 0.3 is 6.18 Å². The molecule has 0 aromatic heterocycles. The summed E-state index contributed by atoms with van der Waals surface area (Å²) in [5, 5.41) is 0. The lowest BCUT2D eigenvalue weighted by Gasteiger charge is -2.35. The van der Waals surface area contributed by atoms with E-state index in [9.17, 15) is 18.0 Å². The average Bonchev–Trinajstić information content (AvgIpc) is 2.53. The van der Waals surface area contributed by atoms with Crippen LogP contribution in [0, 0.1) is 0 Å². The lowest BCUT2D eigenvalue weighted by Crippen LogP contribution is -2.34. The van der Waals surface area contributed by atoms with Crippen molar-refractivity contribution in [3.8, 4) is 0 Å². The predicted octanol–water partition coefficient (Wildman–Crippen LogP) is 4.53. The fraction of sp³-hybridized carbons (Fsp3) is 0.278. The molecule has 0 fully saturated rings. The SMILES string of the molecule is O=CC1(c2ccc(C(F)(F)F)cc2)CCCc2ccccc21. The van der Waals surface area contributed by atoms with Gasteiger partial charge in [0, 0.05) is 0 Å². The first kappa shape index (κ1) is 14.8. The molecular formula is C18H15F3O. The van der Waals surface area contributed by atoms with Crippen molar-refractivity contribution >= 4 is 6.29 Å². The quantitative estimate of drug-likeness (QED) is 0.745. The van der Waals surface area contributed by atoms with Crippen LogP contribution >= 0.6 is 0 Å². The molecule has 22 heavy (non-hydrogen) atoms. The zero-order chi connectivity index (χ0) is 15.8. The Hall–Kier alpha value is -2.10. The summed E-state index contributed by atoms with van der Waals surface area (Å²) in [5.41, 5.74) is 1.11. The number of alkyl halides is 3. The summed E-state index contributed by atoms with van der Waals surface area (Å²) in [7, 11) is 0. The van der Waals surface area contributed by atoms with Crippen molar-refractivity contribution in [3.05, 3.63) is 70.8 Å². The lowest BCUT2D eigenvalue weighted by molar-refractivity contribution is -0.137. The van der Waals surface area contributed by atoms with Gasteiger partial charge in [-0.25, -0.2) is 0 Å². The van der Waals surface area contributed by atoms with E-state index < -0.39 is 17.2 Å². The van der Waals surface area contributed by atoms with E-state index in [1.54, 1.807) is 0 Å². The molecule has 0 saturated heterocycles. The van der Waals surface area contributed by atoms with Gasteiger partial charge in [0.05, 0.1) is 11.0 Å². The summed E-state index contributed by atoms with van der Waals surface area (Å²) in [5.74, 6) is 0. The Labute approximate surface area is 126 Å². The Morgan fingerprint density at radius 3 is 2.32 bits per heavy atom. The molecule has 0 radical (unpaired) electrons. The number of aryl methyl sites for hydroxylation is 1. The van der Waals surface area contributed by atoms with Gasteiger partial charge in [-0.3, -0.25) is 0 Å². The van der Waals surface area contributed by atoms with Crippen LogP contribution in [0.1, 0.15) is 35.1 Å². The van der Waals surface area contributed by atoms with Crippen molar-refractivity contribution in [2.45, 2.75) is 30.9 Å². The third kappa shape index (κ3) is 2.32. The molecule has 0 bridgehead atoms. The van der Waals surface area contributed by atoms with Crippen LogP contribution in [0.25, 0.3) is 0 Å². The second kappa shape index (κ2) is 5.27. The largest absolute Gasteiger partial charge is 0.416 e. The molecule has 1 aliphatic carbocycles. The molecule has 0 spiro atoms. The number of benzene rings is 2. The number of carbonyl (C=O) groups is 1. The molecule has 1 aliphatic rings. The number of rotatable bonds is 2. The first-order valence-corrected chi connectivity index (χ1v) is 7.20. The Morgan fingerprint density at radius 1 is 1.00 bits per heavy atom. The van der Waals surface area contributed by atoms with E-state index in [1.165, 1.54) is 12.1 Å². The maximum atomic E-state index is 12.7. The molecule has 4 heteroatoms. The summed E-state index contributed by atoms with van der Waals surface area (Å²) in [4.78, 5) is 11.9. The van der Waals surface area contributed by atoms with Crippen LogP contribution < -0.4 is 0 Å². The third-order valence-electron chi connectivity index (χ3n) is 4.44. The molecule has 0 amide bonds. The van der Waals surface area contributed by atoms with Crippen LogP contribution in [0.4, 0.5) is 13.2 Å². The van der Waals surface area contributed by atoms with E-state index in [0.717, 1.165) is 42.4 Å². The topological polar surface area (TPSA) is 17.1 Å². The summed E-state index contributed by atoms with van der Waals surface area (Å²) in [6.45, 7) is 0. The monoisotopic (exact) mass is 304 g/mol.